The molecule has 0 saturated carbocycles. The largest absolute Gasteiger partial charge is 0.491 e. The summed E-state index contributed by atoms with van der Waals surface area (Å²) in [6.07, 6.45) is 0.777. The van der Waals surface area contributed by atoms with Gasteiger partial charge >= 0.3 is 0 Å². The molecule has 0 aliphatic heterocycles. The summed E-state index contributed by atoms with van der Waals surface area (Å²) in [6, 6.07) is 10.9. The van der Waals surface area contributed by atoms with Gasteiger partial charge in [0.05, 0.1) is 12.7 Å². The van der Waals surface area contributed by atoms with Crippen LogP contribution in [0.15, 0.2) is 42.6 Å². The van der Waals surface area contributed by atoms with Gasteiger partial charge in [0.15, 0.2) is 11.4 Å². The quantitative estimate of drug-likeness (QED) is 0.858. The zero-order valence-electron chi connectivity index (χ0n) is 12.7. The molecular weight excluding hydrogens is 280 g/mol. The average Bonchev–Trinajstić information content (AvgIpc) is 2.53. The number of amides is 1. The van der Waals surface area contributed by atoms with E-state index in [4.69, 9.17) is 4.74 Å². The van der Waals surface area contributed by atoms with E-state index in [2.05, 4.69) is 10.3 Å². The molecule has 0 spiro atoms. The molecule has 116 valence electrons. The number of aliphatic hydroxyl groups is 1. The predicted octanol–water partition coefficient (Wildman–Crippen LogP) is 2.25. The van der Waals surface area contributed by atoms with Gasteiger partial charge in [0.1, 0.15) is 0 Å². The van der Waals surface area contributed by atoms with Crippen molar-refractivity contribution in [1.29, 1.82) is 0 Å². The van der Waals surface area contributed by atoms with E-state index < -0.39 is 6.10 Å². The van der Waals surface area contributed by atoms with Crippen LogP contribution in [0.4, 0.5) is 0 Å². The molecule has 0 radical (unpaired) electrons. The van der Waals surface area contributed by atoms with Crippen LogP contribution < -0.4 is 10.1 Å². The number of carbonyl (C=O) groups excluding carboxylic acids is 1. The van der Waals surface area contributed by atoms with Gasteiger partial charge in [-0.1, -0.05) is 24.3 Å². The van der Waals surface area contributed by atoms with Crippen molar-refractivity contribution in [2.24, 2.45) is 0 Å². The van der Waals surface area contributed by atoms with Crippen molar-refractivity contribution < 1.29 is 14.6 Å². The Hall–Kier alpha value is -2.40. The number of nitrogens with one attached hydrogen (secondary N) is 1. The molecule has 0 aliphatic rings. The molecule has 1 atom stereocenters. The van der Waals surface area contributed by atoms with Crippen LogP contribution in [-0.2, 0) is 0 Å². The zero-order valence-corrected chi connectivity index (χ0v) is 12.7. The van der Waals surface area contributed by atoms with Gasteiger partial charge < -0.3 is 15.2 Å². The number of pyridine rings is 1. The van der Waals surface area contributed by atoms with E-state index in [1.54, 1.807) is 12.1 Å². The highest BCUT2D eigenvalue weighted by Crippen LogP contribution is 2.18. The second-order valence-corrected chi connectivity index (χ2v) is 4.87. The van der Waals surface area contributed by atoms with Crippen LogP contribution in [0.1, 0.15) is 34.6 Å². The van der Waals surface area contributed by atoms with E-state index in [-0.39, 0.29) is 18.1 Å². The maximum absolute atomic E-state index is 12.2. The Balaban J connectivity index is 2.03. The Morgan fingerprint density at radius 1 is 1.32 bits per heavy atom. The first-order chi connectivity index (χ1) is 10.6. The lowest BCUT2D eigenvalue weighted by atomic mass is 10.0. The van der Waals surface area contributed by atoms with Crippen molar-refractivity contribution in [3.63, 3.8) is 0 Å². The van der Waals surface area contributed by atoms with Crippen LogP contribution in [0.25, 0.3) is 0 Å². The topological polar surface area (TPSA) is 71.5 Å². The molecule has 2 N–H and O–H groups in total. The third kappa shape index (κ3) is 3.83. The molecular formula is C17H20N2O3. The van der Waals surface area contributed by atoms with E-state index in [1.165, 1.54) is 6.20 Å². The standard InChI is InChI=1S/C17H20N2O3/c1-3-22-15-9-6-10-18-16(15)17(21)19-11-14(20)13-8-5-4-7-12(13)2/h4-10,14,20H,3,11H2,1-2H3,(H,19,21). The highest BCUT2D eigenvalue weighted by Gasteiger charge is 2.16. The Kier molecular flexibility index (Phi) is 5.49. The van der Waals surface area contributed by atoms with Crippen molar-refractivity contribution in [2.75, 3.05) is 13.2 Å². The van der Waals surface area contributed by atoms with Gasteiger partial charge in [-0.25, -0.2) is 4.98 Å². The van der Waals surface area contributed by atoms with E-state index in [9.17, 15) is 9.90 Å². The molecule has 0 fully saturated rings. The normalized spacial score (nSPS) is 11.8. The summed E-state index contributed by atoms with van der Waals surface area (Å²) in [6.45, 7) is 4.34. The van der Waals surface area contributed by atoms with Crippen LogP contribution in [0, 0.1) is 6.92 Å². The van der Waals surface area contributed by atoms with Gasteiger partial charge in [0, 0.05) is 12.7 Å². The fraction of sp³-hybridized carbons (Fsp3) is 0.294. The second-order valence-electron chi connectivity index (χ2n) is 4.87. The van der Waals surface area contributed by atoms with Gasteiger partial charge in [-0.3, -0.25) is 4.79 Å². The van der Waals surface area contributed by atoms with Gasteiger partial charge in [0.2, 0.25) is 0 Å². The van der Waals surface area contributed by atoms with E-state index in [1.807, 2.05) is 38.1 Å². The Labute approximate surface area is 130 Å². The third-order valence-corrected chi connectivity index (χ3v) is 3.29. The number of benzene rings is 1. The van der Waals surface area contributed by atoms with E-state index in [0.717, 1.165) is 11.1 Å². The van der Waals surface area contributed by atoms with Crippen LogP contribution in [0.5, 0.6) is 5.75 Å². The lowest BCUT2D eigenvalue weighted by Gasteiger charge is -2.15. The molecule has 0 saturated heterocycles. The monoisotopic (exact) mass is 300 g/mol. The summed E-state index contributed by atoms with van der Waals surface area (Å²) < 4.78 is 5.38. The molecule has 2 aromatic rings. The molecule has 5 heteroatoms. The molecule has 0 aliphatic carbocycles. The molecule has 0 bridgehead atoms. The van der Waals surface area contributed by atoms with Crippen LogP contribution in [-0.4, -0.2) is 29.1 Å². The van der Waals surface area contributed by atoms with Gasteiger partial charge in [-0.15, -0.1) is 0 Å². The Bertz CT molecular complexity index is 643. The minimum Gasteiger partial charge on any atom is -0.491 e. The van der Waals surface area contributed by atoms with Crippen molar-refractivity contribution in [3.8, 4) is 5.75 Å². The zero-order chi connectivity index (χ0) is 15.9. The molecule has 1 aromatic carbocycles. The second kappa shape index (κ2) is 7.56. The summed E-state index contributed by atoms with van der Waals surface area (Å²) in [5, 5.41) is 12.9. The number of nitrogens with zero attached hydrogens (tertiary/aromatic N) is 1. The van der Waals surface area contributed by atoms with Crippen molar-refractivity contribution >= 4 is 5.91 Å². The lowest BCUT2D eigenvalue weighted by Crippen LogP contribution is -2.29. The SMILES string of the molecule is CCOc1cccnc1C(=O)NCC(O)c1ccccc1C. The molecule has 22 heavy (non-hydrogen) atoms. The fourth-order valence-electron chi connectivity index (χ4n) is 2.18. The van der Waals surface area contributed by atoms with Gasteiger partial charge in [-0.05, 0) is 37.1 Å². The van der Waals surface area contributed by atoms with Crippen LogP contribution in [0.2, 0.25) is 0 Å². The smallest absolute Gasteiger partial charge is 0.273 e. The van der Waals surface area contributed by atoms with Crippen LogP contribution in [0.3, 0.4) is 0 Å². The van der Waals surface area contributed by atoms with Crippen molar-refractivity contribution in [1.82, 2.24) is 10.3 Å². The summed E-state index contributed by atoms with van der Waals surface area (Å²) in [4.78, 5) is 16.2. The molecule has 1 amide bonds. The Morgan fingerprint density at radius 3 is 2.82 bits per heavy atom. The fourth-order valence-corrected chi connectivity index (χ4v) is 2.18. The summed E-state index contributed by atoms with van der Waals surface area (Å²) in [5.41, 5.74) is 2.01. The Morgan fingerprint density at radius 2 is 2.09 bits per heavy atom. The van der Waals surface area contributed by atoms with Crippen LogP contribution >= 0.6 is 0 Å². The van der Waals surface area contributed by atoms with E-state index in [0.29, 0.717) is 12.4 Å². The minimum atomic E-state index is -0.760. The number of rotatable bonds is 6. The highest BCUT2D eigenvalue weighted by atomic mass is 16.5. The first-order valence-corrected chi connectivity index (χ1v) is 7.23. The minimum absolute atomic E-state index is 0.117. The first kappa shape index (κ1) is 16.0. The predicted molar refractivity (Wildman–Crippen MR) is 83.9 cm³/mol. The maximum Gasteiger partial charge on any atom is 0.273 e. The maximum atomic E-state index is 12.2. The number of hydrogen-bond donors (Lipinski definition) is 2. The summed E-state index contributed by atoms with van der Waals surface area (Å²) >= 11 is 0. The number of ether oxygens (including phenoxy) is 1. The molecule has 1 unspecified atom stereocenters. The lowest BCUT2D eigenvalue weighted by molar-refractivity contribution is 0.0907. The number of aryl methyl sites for hydroxylation is 1. The highest BCUT2D eigenvalue weighted by molar-refractivity contribution is 5.94. The molecule has 1 aromatic heterocycles. The first-order valence-electron chi connectivity index (χ1n) is 7.23. The number of aliphatic hydroxyl groups excluding tert-OH is 1. The molecule has 5 nitrogen and oxygen atoms in total. The van der Waals surface area contributed by atoms with Crippen molar-refractivity contribution in [2.45, 2.75) is 20.0 Å². The number of aromatic nitrogens is 1. The number of hydrogen-bond acceptors (Lipinski definition) is 4. The van der Waals surface area contributed by atoms with Gasteiger partial charge in [0.25, 0.3) is 5.91 Å². The third-order valence-electron chi connectivity index (χ3n) is 3.29. The average molecular weight is 300 g/mol. The summed E-state index contributed by atoms with van der Waals surface area (Å²) in [5.74, 6) is 0.0737. The molecule has 1 heterocycles. The molecule has 2 rings (SSSR count). The number of carbonyl (C=O) groups is 1. The van der Waals surface area contributed by atoms with E-state index >= 15 is 0 Å². The van der Waals surface area contributed by atoms with Crippen molar-refractivity contribution in [3.05, 3.63) is 59.4 Å². The van der Waals surface area contributed by atoms with Gasteiger partial charge in [-0.2, -0.15) is 0 Å². The summed E-state index contributed by atoms with van der Waals surface area (Å²) in [7, 11) is 0.